The van der Waals surface area contributed by atoms with Gasteiger partial charge in [0.2, 0.25) is 5.28 Å². The molecule has 0 aromatic carbocycles. The van der Waals surface area contributed by atoms with Crippen LogP contribution in [0.25, 0.3) is 10.3 Å². The summed E-state index contributed by atoms with van der Waals surface area (Å²) in [5.41, 5.74) is 1.66. The second-order valence-electron chi connectivity index (χ2n) is 8.64. The first-order valence-corrected chi connectivity index (χ1v) is 11.7. The van der Waals surface area contributed by atoms with Crippen molar-refractivity contribution in [3.05, 3.63) is 10.3 Å². The average Bonchev–Trinajstić information content (AvgIpc) is 3.29. The van der Waals surface area contributed by atoms with Crippen molar-refractivity contribution in [1.82, 2.24) is 19.9 Å². The molecule has 1 aliphatic heterocycles. The lowest BCUT2D eigenvalue weighted by molar-refractivity contribution is 0.0975. The molecular formula is C20H28ClN5S. The lowest BCUT2D eigenvalue weighted by Gasteiger charge is -2.41. The van der Waals surface area contributed by atoms with Crippen molar-refractivity contribution in [3.63, 3.8) is 0 Å². The highest BCUT2D eigenvalue weighted by Gasteiger charge is 2.45. The van der Waals surface area contributed by atoms with Gasteiger partial charge >= 0.3 is 0 Å². The molecule has 0 unspecified atom stereocenters. The van der Waals surface area contributed by atoms with Gasteiger partial charge in [-0.2, -0.15) is 4.98 Å². The molecule has 1 spiro atoms. The van der Waals surface area contributed by atoms with Gasteiger partial charge in [-0.25, -0.2) is 9.97 Å². The molecule has 1 saturated heterocycles. The predicted octanol–water partition coefficient (Wildman–Crippen LogP) is 4.90. The van der Waals surface area contributed by atoms with Crippen LogP contribution < -0.4 is 5.32 Å². The topological polar surface area (TPSA) is 53.9 Å². The highest BCUT2D eigenvalue weighted by Crippen LogP contribution is 2.54. The number of likely N-dealkylation sites (tertiary alicyclic amines) is 1. The fraction of sp³-hybridized carbons (Fsp3) is 0.750. The number of anilines is 1. The summed E-state index contributed by atoms with van der Waals surface area (Å²) < 4.78 is 0. The minimum absolute atomic E-state index is 0.312. The van der Waals surface area contributed by atoms with Gasteiger partial charge in [0, 0.05) is 12.1 Å². The van der Waals surface area contributed by atoms with Gasteiger partial charge in [0.05, 0.1) is 5.01 Å². The van der Waals surface area contributed by atoms with Gasteiger partial charge in [0.15, 0.2) is 10.6 Å². The maximum Gasteiger partial charge on any atom is 0.225 e. The summed E-state index contributed by atoms with van der Waals surface area (Å²) in [4.78, 5) is 17.2. The van der Waals surface area contributed by atoms with Crippen LogP contribution in [0.5, 0.6) is 0 Å². The number of fused-ring (bicyclic) bond motifs is 1. The Labute approximate surface area is 169 Å². The molecule has 0 amide bonds. The molecule has 2 saturated carbocycles. The number of nitrogens with one attached hydrogen (secondary N) is 1. The first-order valence-electron chi connectivity index (χ1n) is 10.5. The van der Waals surface area contributed by atoms with Gasteiger partial charge in [-0.15, -0.1) is 0 Å². The minimum atomic E-state index is 0.312. The van der Waals surface area contributed by atoms with Crippen molar-refractivity contribution in [2.45, 2.75) is 76.8 Å². The zero-order chi connectivity index (χ0) is 18.4. The largest absolute Gasteiger partial charge is 0.365 e. The number of aromatic nitrogens is 3. The third-order valence-electron chi connectivity index (χ3n) is 6.95. The minimum Gasteiger partial charge on any atom is -0.365 e. The number of thiazole rings is 1. The van der Waals surface area contributed by atoms with Crippen LogP contribution >= 0.6 is 22.9 Å². The van der Waals surface area contributed by atoms with Gasteiger partial charge < -0.3 is 10.2 Å². The first kappa shape index (κ1) is 18.1. The number of halogens is 1. The zero-order valence-corrected chi connectivity index (χ0v) is 17.6. The standard InChI is InChI=1S/C20H28ClN5S/c1-2-15-23-16-17(24-19(21)25-18(16)27-15)22-13-3-5-14(6-4-13)26-11-9-20(7-8-20)10-12-26/h13-14H,2-12H2,1H3,(H,22,24,25). The quantitative estimate of drug-likeness (QED) is 0.733. The molecule has 5 rings (SSSR count). The van der Waals surface area contributed by atoms with E-state index in [2.05, 4.69) is 27.1 Å². The molecule has 3 fully saturated rings. The molecule has 2 aromatic rings. The van der Waals surface area contributed by atoms with Gasteiger partial charge in [0.25, 0.3) is 0 Å². The summed E-state index contributed by atoms with van der Waals surface area (Å²) >= 11 is 7.78. The number of piperidine rings is 1. The van der Waals surface area contributed by atoms with E-state index < -0.39 is 0 Å². The number of hydrogen-bond donors (Lipinski definition) is 1. The molecule has 3 aliphatic rings. The average molecular weight is 406 g/mol. The molecule has 0 bridgehead atoms. The second-order valence-corrected chi connectivity index (χ2v) is 10.0. The molecule has 0 radical (unpaired) electrons. The highest BCUT2D eigenvalue weighted by atomic mass is 35.5. The summed E-state index contributed by atoms with van der Waals surface area (Å²) in [6.45, 7) is 4.76. The number of hydrogen-bond acceptors (Lipinski definition) is 6. The van der Waals surface area contributed by atoms with Crippen molar-refractivity contribution >= 4 is 39.1 Å². The summed E-state index contributed by atoms with van der Waals surface area (Å²) in [6, 6.07) is 1.24. The Hall–Kier alpha value is -0.980. The Kier molecular flexibility index (Phi) is 4.77. The van der Waals surface area contributed by atoms with Crippen molar-refractivity contribution in [2.75, 3.05) is 18.4 Å². The maximum atomic E-state index is 6.16. The highest BCUT2D eigenvalue weighted by molar-refractivity contribution is 7.18. The van der Waals surface area contributed by atoms with Crippen LogP contribution in [0.3, 0.4) is 0 Å². The molecule has 1 N–H and O–H groups in total. The molecule has 2 aliphatic carbocycles. The van der Waals surface area contributed by atoms with E-state index in [-0.39, 0.29) is 0 Å². The first-order chi connectivity index (χ1) is 13.1. The van der Waals surface area contributed by atoms with E-state index in [1.807, 2.05) is 0 Å². The van der Waals surface area contributed by atoms with E-state index in [9.17, 15) is 0 Å². The van der Waals surface area contributed by atoms with Gasteiger partial charge in [0.1, 0.15) is 5.52 Å². The predicted molar refractivity (Wildman–Crippen MR) is 112 cm³/mol. The lowest BCUT2D eigenvalue weighted by atomic mass is 9.87. The van der Waals surface area contributed by atoms with Crippen LogP contribution in [0, 0.1) is 5.41 Å². The molecule has 7 heteroatoms. The monoisotopic (exact) mass is 405 g/mol. The van der Waals surface area contributed by atoms with E-state index in [4.69, 9.17) is 16.6 Å². The Morgan fingerprint density at radius 3 is 2.48 bits per heavy atom. The van der Waals surface area contributed by atoms with E-state index in [1.54, 1.807) is 11.3 Å². The molecular weight excluding hydrogens is 378 g/mol. The van der Waals surface area contributed by atoms with E-state index in [1.165, 1.54) is 64.5 Å². The molecule has 5 nitrogen and oxygen atoms in total. The van der Waals surface area contributed by atoms with Crippen LogP contribution in [0.2, 0.25) is 5.28 Å². The molecule has 27 heavy (non-hydrogen) atoms. The van der Waals surface area contributed by atoms with Crippen molar-refractivity contribution in [1.29, 1.82) is 0 Å². The van der Waals surface area contributed by atoms with E-state index in [0.717, 1.165) is 39.1 Å². The molecule has 146 valence electrons. The number of nitrogens with zero attached hydrogens (tertiary/aromatic N) is 4. The third kappa shape index (κ3) is 3.68. The van der Waals surface area contributed by atoms with E-state index in [0.29, 0.717) is 11.3 Å². The normalized spacial score (nSPS) is 27.9. The maximum absolute atomic E-state index is 6.16. The van der Waals surface area contributed by atoms with Gasteiger partial charge in [-0.05, 0) is 87.9 Å². The van der Waals surface area contributed by atoms with Crippen molar-refractivity contribution < 1.29 is 0 Å². The van der Waals surface area contributed by atoms with Crippen molar-refractivity contribution in [2.24, 2.45) is 5.41 Å². The Morgan fingerprint density at radius 2 is 1.81 bits per heavy atom. The fourth-order valence-electron chi connectivity index (χ4n) is 4.91. The lowest BCUT2D eigenvalue weighted by Crippen LogP contribution is -2.45. The Balaban J connectivity index is 1.22. The Morgan fingerprint density at radius 1 is 1.07 bits per heavy atom. The van der Waals surface area contributed by atoms with Gasteiger partial charge in [-0.1, -0.05) is 18.3 Å². The molecule has 3 heterocycles. The van der Waals surface area contributed by atoms with Crippen LogP contribution in [0.15, 0.2) is 0 Å². The van der Waals surface area contributed by atoms with Crippen LogP contribution in [-0.2, 0) is 6.42 Å². The SMILES string of the molecule is CCc1nc2c(NC3CCC(N4CCC5(CC4)CC5)CC3)nc(Cl)nc2s1. The van der Waals surface area contributed by atoms with Crippen LogP contribution in [0.4, 0.5) is 5.82 Å². The number of aryl methyl sites for hydroxylation is 1. The fourth-order valence-corrected chi connectivity index (χ4v) is 6.00. The summed E-state index contributed by atoms with van der Waals surface area (Å²) in [5, 5.41) is 5.04. The van der Waals surface area contributed by atoms with Crippen LogP contribution in [-0.4, -0.2) is 45.0 Å². The Bertz CT molecular complexity index is 815. The van der Waals surface area contributed by atoms with E-state index >= 15 is 0 Å². The summed E-state index contributed by atoms with van der Waals surface area (Å²) in [7, 11) is 0. The van der Waals surface area contributed by atoms with Crippen LogP contribution in [0.1, 0.15) is 63.3 Å². The smallest absolute Gasteiger partial charge is 0.225 e. The molecule has 2 aromatic heterocycles. The summed E-state index contributed by atoms with van der Waals surface area (Å²) in [5.74, 6) is 0.818. The third-order valence-corrected chi connectivity index (χ3v) is 8.21. The van der Waals surface area contributed by atoms with Crippen molar-refractivity contribution in [3.8, 4) is 0 Å². The van der Waals surface area contributed by atoms with Gasteiger partial charge in [-0.3, -0.25) is 0 Å². The second kappa shape index (κ2) is 7.12. The zero-order valence-electron chi connectivity index (χ0n) is 16.0. The number of rotatable bonds is 4. The summed E-state index contributed by atoms with van der Waals surface area (Å²) in [6.07, 6.45) is 11.7. The molecule has 0 atom stereocenters.